The van der Waals surface area contributed by atoms with E-state index in [4.69, 9.17) is 30.5 Å². The molecule has 1 amide bonds. The first-order chi connectivity index (χ1) is 12.2. The van der Waals surface area contributed by atoms with E-state index in [0.29, 0.717) is 52.4 Å². The third kappa shape index (κ3) is 3.18. The summed E-state index contributed by atoms with van der Waals surface area (Å²) in [6.07, 6.45) is 1.44. The van der Waals surface area contributed by atoms with Gasteiger partial charge in [0.05, 0.1) is 11.2 Å². The highest BCUT2D eigenvalue weighted by Crippen LogP contribution is 2.36. The van der Waals surface area contributed by atoms with Crippen molar-refractivity contribution in [1.82, 2.24) is 5.43 Å². The summed E-state index contributed by atoms with van der Waals surface area (Å²) in [6, 6.07) is 8.30. The van der Waals surface area contributed by atoms with Gasteiger partial charge in [0.15, 0.2) is 23.0 Å². The molecule has 2 aliphatic rings. The molecule has 1 N–H and O–H groups in total. The molecule has 0 spiro atoms. The lowest BCUT2D eigenvalue weighted by atomic mass is 10.2. The third-order valence-electron chi connectivity index (χ3n) is 3.67. The lowest BCUT2D eigenvalue weighted by molar-refractivity contribution is 0.0954. The molecule has 2 aromatic rings. The number of halogens is 1. The number of hydrazone groups is 1. The minimum absolute atomic E-state index is 0.160. The van der Waals surface area contributed by atoms with Crippen LogP contribution < -0.4 is 24.4 Å². The van der Waals surface area contributed by atoms with Crippen molar-refractivity contribution in [2.75, 3.05) is 20.0 Å². The Balaban J connectivity index is 1.46. The Morgan fingerprint density at radius 3 is 2.56 bits per heavy atom. The van der Waals surface area contributed by atoms with Crippen molar-refractivity contribution in [2.24, 2.45) is 5.10 Å². The largest absolute Gasteiger partial charge is 0.486 e. The zero-order valence-corrected chi connectivity index (χ0v) is 13.7. The standard InChI is InChI=1S/C17H13ClN2O5/c18-12-7-16-15(24-9-25-16)6-11(12)8-19-20-17(21)10-1-2-13-14(5-10)23-4-3-22-13/h1-2,5-8H,3-4,9H2,(H,20,21). The SMILES string of the molecule is O=C(NN=Cc1cc2c(cc1Cl)OCO2)c1ccc2c(c1)OCCO2. The van der Waals surface area contributed by atoms with E-state index in [1.165, 1.54) is 6.21 Å². The van der Waals surface area contributed by atoms with Gasteiger partial charge in [0, 0.05) is 17.2 Å². The quantitative estimate of drug-likeness (QED) is 0.672. The number of nitrogens with zero attached hydrogens (tertiary/aromatic N) is 1. The number of hydrogen-bond acceptors (Lipinski definition) is 6. The highest BCUT2D eigenvalue weighted by atomic mass is 35.5. The lowest BCUT2D eigenvalue weighted by Gasteiger charge is -2.18. The lowest BCUT2D eigenvalue weighted by Crippen LogP contribution is -2.19. The Morgan fingerprint density at radius 1 is 1.00 bits per heavy atom. The van der Waals surface area contributed by atoms with E-state index in [1.54, 1.807) is 30.3 Å². The monoisotopic (exact) mass is 360 g/mol. The van der Waals surface area contributed by atoms with E-state index in [9.17, 15) is 4.79 Å². The Morgan fingerprint density at radius 2 is 1.72 bits per heavy atom. The Hall–Kier alpha value is -2.93. The molecule has 7 nitrogen and oxygen atoms in total. The van der Waals surface area contributed by atoms with Crippen molar-refractivity contribution in [1.29, 1.82) is 0 Å². The number of nitrogens with one attached hydrogen (secondary N) is 1. The maximum absolute atomic E-state index is 12.2. The summed E-state index contributed by atoms with van der Waals surface area (Å²) in [5, 5.41) is 4.38. The van der Waals surface area contributed by atoms with E-state index in [2.05, 4.69) is 10.5 Å². The zero-order valence-electron chi connectivity index (χ0n) is 13.0. The van der Waals surface area contributed by atoms with Gasteiger partial charge < -0.3 is 18.9 Å². The van der Waals surface area contributed by atoms with Crippen molar-refractivity contribution in [2.45, 2.75) is 0 Å². The van der Waals surface area contributed by atoms with Crippen molar-refractivity contribution in [3.8, 4) is 23.0 Å². The first-order valence-corrected chi connectivity index (χ1v) is 7.91. The van der Waals surface area contributed by atoms with Crippen LogP contribution in [0, 0.1) is 0 Å². The maximum Gasteiger partial charge on any atom is 0.271 e. The van der Waals surface area contributed by atoms with Crippen LogP contribution in [0.25, 0.3) is 0 Å². The van der Waals surface area contributed by atoms with Gasteiger partial charge in [0.25, 0.3) is 5.91 Å². The molecule has 0 atom stereocenters. The summed E-state index contributed by atoms with van der Waals surface area (Å²) in [5.41, 5.74) is 3.47. The summed E-state index contributed by atoms with van der Waals surface area (Å²) in [7, 11) is 0. The molecule has 25 heavy (non-hydrogen) atoms. The Labute approximate surface area is 148 Å². The molecular weight excluding hydrogens is 348 g/mol. The number of fused-ring (bicyclic) bond motifs is 2. The predicted molar refractivity (Wildman–Crippen MR) is 90.1 cm³/mol. The maximum atomic E-state index is 12.2. The number of ether oxygens (including phenoxy) is 4. The zero-order chi connectivity index (χ0) is 17.2. The van der Waals surface area contributed by atoms with Crippen molar-refractivity contribution < 1.29 is 23.7 Å². The Kier molecular flexibility index (Phi) is 4.07. The van der Waals surface area contributed by atoms with Crippen LogP contribution in [0.2, 0.25) is 5.02 Å². The second kappa shape index (κ2) is 6.52. The smallest absolute Gasteiger partial charge is 0.271 e. The molecule has 8 heteroatoms. The van der Waals surface area contributed by atoms with E-state index in [0.717, 1.165) is 0 Å². The average molecular weight is 361 g/mol. The van der Waals surface area contributed by atoms with Crippen LogP contribution in [-0.2, 0) is 0 Å². The molecular formula is C17H13ClN2O5. The first kappa shape index (κ1) is 15.6. The van der Waals surface area contributed by atoms with E-state index >= 15 is 0 Å². The van der Waals surface area contributed by atoms with Gasteiger partial charge in [-0.15, -0.1) is 0 Å². The van der Waals surface area contributed by atoms with Crippen LogP contribution in [0.4, 0.5) is 0 Å². The van der Waals surface area contributed by atoms with Gasteiger partial charge in [0.1, 0.15) is 13.2 Å². The summed E-state index contributed by atoms with van der Waals surface area (Å²) >= 11 is 6.15. The molecule has 0 saturated heterocycles. The van der Waals surface area contributed by atoms with Crippen LogP contribution in [0.3, 0.4) is 0 Å². The molecule has 2 aliphatic heterocycles. The molecule has 0 unspecified atom stereocenters. The van der Waals surface area contributed by atoms with Gasteiger partial charge in [0.2, 0.25) is 6.79 Å². The number of carbonyl (C=O) groups is 1. The number of rotatable bonds is 3. The molecule has 4 rings (SSSR count). The highest BCUT2D eigenvalue weighted by Gasteiger charge is 2.16. The summed E-state index contributed by atoms with van der Waals surface area (Å²) in [4.78, 5) is 12.2. The van der Waals surface area contributed by atoms with Gasteiger partial charge in [-0.05, 0) is 24.3 Å². The molecule has 2 heterocycles. The Bertz CT molecular complexity index is 868. The second-order valence-electron chi connectivity index (χ2n) is 5.28. The fourth-order valence-corrected chi connectivity index (χ4v) is 2.64. The van der Waals surface area contributed by atoms with Gasteiger partial charge in [-0.1, -0.05) is 11.6 Å². The molecule has 0 bridgehead atoms. The molecule has 0 saturated carbocycles. The van der Waals surface area contributed by atoms with Crippen LogP contribution in [0.5, 0.6) is 23.0 Å². The molecule has 0 fully saturated rings. The fourth-order valence-electron chi connectivity index (χ4n) is 2.44. The first-order valence-electron chi connectivity index (χ1n) is 7.53. The molecule has 0 aliphatic carbocycles. The van der Waals surface area contributed by atoms with Crippen molar-refractivity contribution in [3.05, 3.63) is 46.5 Å². The normalized spacial score (nSPS) is 14.6. The van der Waals surface area contributed by atoms with Crippen LogP contribution >= 0.6 is 11.6 Å². The average Bonchev–Trinajstić information content (AvgIpc) is 3.08. The molecule has 0 aromatic heterocycles. The van der Waals surface area contributed by atoms with Crippen LogP contribution in [0.15, 0.2) is 35.4 Å². The van der Waals surface area contributed by atoms with E-state index < -0.39 is 0 Å². The highest BCUT2D eigenvalue weighted by molar-refractivity contribution is 6.33. The molecule has 128 valence electrons. The molecule has 2 aromatic carbocycles. The number of hydrogen-bond donors (Lipinski definition) is 1. The number of carbonyl (C=O) groups excluding carboxylic acids is 1. The summed E-state index contributed by atoms with van der Waals surface area (Å²) in [6.45, 7) is 1.12. The van der Waals surface area contributed by atoms with Crippen LogP contribution in [0.1, 0.15) is 15.9 Å². The summed E-state index contributed by atoms with van der Waals surface area (Å²) in [5.74, 6) is 1.97. The minimum Gasteiger partial charge on any atom is -0.486 e. The van der Waals surface area contributed by atoms with E-state index in [-0.39, 0.29) is 12.7 Å². The predicted octanol–water partition coefficient (Wildman–Crippen LogP) is 2.60. The van der Waals surface area contributed by atoms with Gasteiger partial charge >= 0.3 is 0 Å². The third-order valence-corrected chi connectivity index (χ3v) is 3.99. The van der Waals surface area contributed by atoms with Gasteiger partial charge in [-0.3, -0.25) is 4.79 Å². The van der Waals surface area contributed by atoms with Crippen molar-refractivity contribution >= 4 is 23.7 Å². The second-order valence-corrected chi connectivity index (χ2v) is 5.69. The minimum atomic E-state index is -0.370. The van der Waals surface area contributed by atoms with Crippen LogP contribution in [-0.4, -0.2) is 32.1 Å². The number of benzene rings is 2. The van der Waals surface area contributed by atoms with Gasteiger partial charge in [-0.2, -0.15) is 5.10 Å². The van der Waals surface area contributed by atoms with E-state index in [1.807, 2.05) is 0 Å². The topological polar surface area (TPSA) is 78.4 Å². The summed E-state index contributed by atoms with van der Waals surface area (Å²) < 4.78 is 21.4. The number of amides is 1. The fraction of sp³-hybridized carbons (Fsp3) is 0.176. The van der Waals surface area contributed by atoms with Crippen molar-refractivity contribution in [3.63, 3.8) is 0 Å². The van der Waals surface area contributed by atoms with Gasteiger partial charge in [-0.25, -0.2) is 5.43 Å². The molecule has 0 radical (unpaired) electrons.